The zero-order chi connectivity index (χ0) is 22.9. The number of rotatable bonds is 4. The lowest BCUT2D eigenvalue weighted by Crippen LogP contribution is -2.34. The van der Waals surface area contributed by atoms with E-state index in [4.69, 9.17) is 4.74 Å². The molecule has 0 radical (unpaired) electrons. The van der Waals surface area contributed by atoms with E-state index in [9.17, 15) is 9.59 Å². The van der Waals surface area contributed by atoms with Crippen molar-refractivity contribution in [2.75, 3.05) is 17.3 Å². The molecule has 3 heterocycles. The number of nitrogens with zero attached hydrogens (tertiary/aromatic N) is 3. The Labute approximate surface area is 190 Å². The second-order valence-corrected chi connectivity index (χ2v) is 9.37. The number of anilines is 2. The van der Waals surface area contributed by atoms with Gasteiger partial charge in [-0.15, -0.1) is 11.3 Å². The molecule has 0 bridgehead atoms. The Morgan fingerprint density at radius 2 is 1.81 bits per heavy atom. The van der Waals surface area contributed by atoms with Crippen LogP contribution in [0.2, 0.25) is 0 Å². The molecule has 0 aliphatic rings. The summed E-state index contributed by atoms with van der Waals surface area (Å²) in [6, 6.07) is 16.6. The highest BCUT2D eigenvalue weighted by Crippen LogP contribution is 2.33. The van der Waals surface area contributed by atoms with Gasteiger partial charge in [0.15, 0.2) is 0 Å². The van der Waals surface area contributed by atoms with E-state index in [1.54, 1.807) is 25.4 Å². The molecule has 0 fully saturated rings. The fraction of sp³-hybridized carbons (Fsp3) is 0.208. The van der Waals surface area contributed by atoms with E-state index in [2.05, 4.69) is 10.3 Å². The van der Waals surface area contributed by atoms with Crippen molar-refractivity contribution in [2.45, 2.75) is 26.4 Å². The quantitative estimate of drug-likeness (QED) is 0.435. The minimum atomic E-state index is -0.576. The van der Waals surface area contributed by atoms with Crippen LogP contribution in [0.4, 0.5) is 15.5 Å². The molecule has 1 aromatic carbocycles. The van der Waals surface area contributed by atoms with E-state index in [1.165, 1.54) is 16.2 Å². The molecule has 0 aliphatic carbocycles. The molecule has 164 valence electrons. The number of hydrogen-bond acceptors (Lipinski definition) is 5. The zero-order valence-corrected chi connectivity index (χ0v) is 19.1. The highest BCUT2D eigenvalue weighted by atomic mass is 32.1. The molecule has 2 amide bonds. The molecule has 4 rings (SSSR count). The summed E-state index contributed by atoms with van der Waals surface area (Å²) in [6.45, 7) is 5.50. The van der Waals surface area contributed by atoms with Crippen molar-refractivity contribution in [3.63, 3.8) is 0 Å². The van der Waals surface area contributed by atoms with E-state index in [-0.39, 0.29) is 5.91 Å². The highest BCUT2D eigenvalue weighted by Gasteiger charge is 2.21. The predicted molar refractivity (Wildman–Crippen MR) is 128 cm³/mol. The topological polar surface area (TPSA) is 75.9 Å². The van der Waals surface area contributed by atoms with Crippen LogP contribution in [-0.4, -0.2) is 34.0 Å². The van der Waals surface area contributed by atoms with Crippen LogP contribution in [0.15, 0.2) is 67.0 Å². The van der Waals surface area contributed by atoms with Gasteiger partial charge >= 0.3 is 6.09 Å². The number of fused-ring (bicyclic) bond motifs is 1. The third kappa shape index (κ3) is 4.65. The Morgan fingerprint density at radius 3 is 2.53 bits per heavy atom. The van der Waals surface area contributed by atoms with Crippen molar-refractivity contribution in [3.8, 4) is 10.6 Å². The number of carbonyl (C=O) groups is 2. The average Bonchev–Trinajstić information content (AvgIpc) is 3.38. The maximum Gasteiger partial charge on any atom is 0.414 e. The van der Waals surface area contributed by atoms with E-state index >= 15 is 0 Å². The Morgan fingerprint density at radius 1 is 1.06 bits per heavy atom. The molecule has 32 heavy (non-hydrogen) atoms. The highest BCUT2D eigenvalue weighted by molar-refractivity contribution is 7.19. The van der Waals surface area contributed by atoms with Crippen LogP contribution in [0.3, 0.4) is 0 Å². The molecule has 4 aromatic rings. The normalized spacial score (nSPS) is 11.4. The van der Waals surface area contributed by atoms with Crippen molar-refractivity contribution in [2.24, 2.45) is 0 Å². The van der Waals surface area contributed by atoms with Crippen LogP contribution in [0, 0.1) is 0 Å². The lowest BCUT2D eigenvalue weighted by atomic mass is 10.2. The second-order valence-electron chi connectivity index (χ2n) is 8.28. The SMILES string of the molecule is CN(C(=O)OC(C)(C)C)c1ccc2ncc(-c3ccc(NC(=O)c4ccccc4)s3)n2c1. The maximum absolute atomic E-state index is 12.5. The first-order valence-corrected chi connectivity index (χ1v) is 10.9. The summed E-state index contributed by atoms with van der Waals surface area (Å²) >= 11 is 1.46. The molecule has 0 spiro atoms. The van der Waals surface area contributed by atoms with Gasteiger partial charge in [-0.05, 0) is 57.2 Å². The van der Waals surface area contributed by atoms with Crippen molar-refractivity contribution < 1.29 is 14.3 Å². The minimum Gasteiger partial charge on any atom is -0.443 e. The maximum atomic E-state index is 12.5. The molecule has 8 heteroatoms. The first-order valence-electron chi connectivity index (χ1n) is 10.1. The molecule has 0 aliphatic heterocycles. The number of aromatic nitrogens is 2. The molecule has 0 saturated carbocycles. The number of nitrogens with one attached hydrogen (secondary N) is 1. The van der Waals surface area contributed by atoms with E-state index < -0.39 is 11.7 Å². The Kier molecular flexibility index (Phi) is 5.71. The van der Waals surface area contributed by atoms with Gasteiger partial charge in [-0.1, -0.05) is 18.2 Å². The number of hydrogen-bond donors (Lipinski definition) is 1. The third-order valence-corrected chi connectivity index (χ3v) is 5.70. The number of amides is 2. The summed E-state index contributed by atoms with van der Waals surface area (Å²) in [7, 11) is 1.67. The monoisotopic (exact) mass is 448 g/mol. The first-order chi connectivity index (χ1) is 15.2. The molecule has 0 atom stereocenters. The van der Waals surface area contributed by atoms with Gasteiger partial charge in [0.25, 0.3) is 5.91 Å². The number of carbonyl (C=O) groups excluding carboxylic acids is 2. The van der Waals surface area contributed by atoms with Crippen LogP contribution in [0.1, 0.15) is 31.1 Å². The van der Waals surface area contributed by atoms with Gasteiger partial charge in [0.2, 0.25) is 0 Å². The first kappa shape index (κ1) is 21.6. The average molecular weight is 449 g/mol. The molecule has 0 saturated heterocycles. The summed E-state index contributed by atoms with van der Waals surface area (Å²) in [5.74, 6) is -0.154. The van der Waals surface area contributed by atoms with Crippen molar-refractivity contribution in [1.82, 2.24) is 9.38 Å². The van der Waals surface area contributed by atoms with Gasteiger partial charge in [0.05, 0.1) is 27.5 Å². The molecule has 3 aromatic heterocycles. The number of imidazole rings is 1. The van der Waals surface area contributed by atoms with Gasteiger partial charge in [0, 0.05) is 18.8 Å². The van der Waals surface area contributed by atoms with Crippen LogP contribution in [-0.2, 0) is 4.74 Å². The largest absolute Gasteiger partial charge is 0.443 e. The van der Waals surface area contributed by atoms with Crippen LogP contribution < -0.4 is 10.2 Å². The lowest BCUT2D eigenvalue weighted by Gasteiger charge is -2.24. The predicted octanol–water partition coefficient (Wildman–Crippen LogP) is 5.69. The van der Waals surface area contributed by atoms with Crippen LogP contribution >= 0.6 is 11.3 Å². The van der Waals surface area contributed by atoms with Gasteiger partial charge in [-0.25, -0.2) is 9.78 Å². The number of ether oxygens (including phenoxy) is 1. The minimum absolute atomic E-state index is 0.154. The summed E-state index contributed by atoms with van der Waals surface area (Å²) in [6.07, 6.45) is 3.20. The Bertz CT molecular complexity index is 1270. The number of benzene rings is 1. The fourth-order valence-corrected chi connectivity index (χ4v) is 4.01. The lowest BCUT2D eigenvalue weighted by molar-refractivity contribution is 0.0589. The summed E-state index contributed by atoms with van der Waals surface area (Å²) in [4.78, 5) is 31.8. The van der Waals surface area contributed by atoms with Crippen molar-refractivity contribution >= 4 is 39.7 Å². The second kappa shape index (κ2) is 8.47. The smallest absolute Gasteiger partial charge is 0.414 e. The number of pyridine rings is 1. The van der Waals surface area contributed by atoms with Crippen molar-refractivity contribution in [3.05, 3.63) is 72.6 Å². The number of thiophene rings is 1. The van der Waals surface area contributed by atoms with Gasteiger partial charge in [-0.2, -0.15) is 0 Å². The zero-order valence-electron chi connectivity index (χ0n) is 18.3. The van der Waals surface area contributed by atoms with E-state index in [0.717, 1.165) is 21.2 Å². The standard InChI is InChI=1S/C24H24N4O3S/c1-24(2,3)31-23(30)27(4)17-10-12-20-25-14-18(28(20)15-17)19-11-13-21(32-19)26-22(29)16-8-6-5-7-9-16/h5-15H,1-4H3,(H,26,29). The van der Waals surface area contributed by atoms with E-state index in [0.29, 0.717) is 11.3 Å². The molecular weight excluding hydrogens is 424 g/mol. The molecule has 0 unspecified atom stereocenters. The van der Waals surface area contributed by atoms with Crippen LogP contribution in [0.25, 0.3) is 16.2 Å². The van der Waals surface area contributed by atoms with E-state index in [1.807, 2.05) is 73.8 Å². The van der Waals surface area contributed by atoms with Gasteiger partial charge < -0.3 is 10.1 Å². The summed E-state index contributed by atoms with van der Waals surface area (Å²) in [5, 5.41) is 3.68. The molecular formula is C24H24N4O3S. The molecule has 1 N–H and O–H groups in total. The van der Waals surface area contributed by atoms with Crippen molar-refractivity contribution in [1.29, 1.82) is 0 Å². The summed E-state index contributed by atoms with van der Waals surface area (Å²) in [5.41, 5.74) is 2.33. The summed E-state index contributed by atoms with van der Waals surface area (Å²) < 4.78 is 7.38. The van der Waals surface area contributed by atoms with Gasteiger partial charge in [0.1, 0.15) is 11.2 Å². The van der Waals surface area contributed by atoms with Crippen LogP contribution in [0.5, 0.6) is 0 Å². The fourth-order valence-electron chi connectivity index (χ4n) is 3.10. The Balaban J connectivity index is 1.58. The third-order valence-electron chi connectivity index (χ3n) is 4.68. The van der Waals surface area contributed by atoms with Gasteiger partial charge in [-0.3, -0.25) is 14.1 Å². The Hall–Kier alpha value is -3.65. The molecule has 7 nitrogen and oxygen atoms in total.